The van der Waals surface area contributed by atoms with Gasteiger partial charge in [-0.2, -0.15) is 5.10 Å². The van der Waals surface area contributed by atoms with E-state index >= 15 is 0 Å². The molecule has 1 fully saturated rings. The monoisotopic (exact) mass is 328 g/mol. The molecule has 0 aromatic carbocycles. The topological polar surface area (TPSA) is 60.2 Å². The first-order valence-electron chi connectivity index (χ1n) is 8.48. The first-order chi connectivity index (χ1) is 11.6. The first kappa shape index (κ1) is 16.6. The summed E-state index contributed by atoms with van der Waals surface area (Å²) < 4.78 is 7.64. The normalized spacial score (nSPS) is 18.2. The first-order valence-corrected chi connectivity index (χ1v) is 8.48. The van der Waals surface area contributed by atoms with Crippen molar-refractivity contribution in [2.75, 3.05) is 19.7 Å². The van der Waals surface area contributed by atoms with E-state index in [1.807, 2.05) is 30.0 Å². The van der Waals surface area contributed by atoms with Gasteiger partial charge in [-0.25, -0.2) is 0 Å². The number of carbonyl (C=O) groups is 1. The van der Waals surface area contributed by atoms with Gasteiger partial charge in [0.1, 0.15) is 11.8 Å². The van der Waals surface area contributed by atoms with E-state index in [0.717, 1.165) is 11.3 Å². The summed E-state index contributed by atoms with van der Waals surface area (Å²) in [5, 5.41) is 4.55. The second-order valence-electron chi connectivity index (χ2n) is 6.32. The third-order valence-electron chi connectivity index (χ3n) is 4.34. The van der Waals surface area contributed by atoms with E-state index in [2.05, 4.69) is 23.9 Å². The molecule has 0 bridgehead atoms. The van der Waals surface area contributed by atoms with Gasteiger partial charge in [0.2, 0.25) is 0 Å². The molecule has 1 saturated heterocycles. The maximum atomic E-state index is 13.0. The molecule has 0 aliphatic carbocycles. The molecule has 0 saturated carbocycles. The number of amides is 1. The number of hydrogen-bond acceptors (Lipinski definition) is 4. The van der Waals surface area contributed by atoms with Gasteiger partial charge >= 0.3 is 0 Å². The number of aromatic nitrogens is 3. The van der Waals surface area contributed by atoms with Gasteiger partial charge < -0.3 is 9.64 Å². The summed E-state index contributed by atoms with van der Waals surface area (Å²) in [6.07, 6.45) is 3.40. The van der Waals surface area contributed by atoms with E-state index in [1.165, 1.54) is 0 Å². The molecule has 1 atom stereocenters. The van der Waals surface area contributed by atoms with Crippen molar-refractivity contribution in [3.8, 4) is 0 Å². The highest BCUT2D eigenvalue weighted by molar-refractivity contribution is 5.92. The highest BCUT2D eigenvalue weighted by atomic mass is 16.5. The Balaban J connectivity index is 1.80. The number of ether oxygens (including phenoxy) is 1. The van der Waals surface area contributed by atoms with Gasteiger partial charge in [0.15, 0.2) is 0 Å². The van der Waals surface area contributed by atoms with Crippen LogP contribution in [-0.2, 0) is 11.3 Å². The van der Waals surface area contributed by atoms with Crippen molar-refractivity contribution in [3.63, 3.8) is 0 Å². The molecular formula is C18H24N4O2. The summed E-state index contributed by atoms with van der Waals surface area (Å²) in [4.78, 5) is 18.9. The molecule has 2 aromatic heterocycles. The number of morpholine rings is 1. The number of pyridine rings is 1. The van der Waals surface area contributed by atoms with Crippen molar-refractivity contribution in [2.45, 2.75) is 39.3 Å². The van der Waals surface area contributed by atoms with Gasteiger partial charge in [-0.1, -0.05) is 13.8 Å². The van der Waals surface area contributed by atoms with Crippen LogP contribution >= 0.6 is 0 Å². The van der Waals surface area contributed by atoms with Crippen molar-refractivity contribution in [3.05, 3.63) is 47.5 Å². The number of nitrogens with zero attached hydrogens (tertiary/aromatic N) is 4. The van der Waals surface area contributed by atoms with Crippen LogP contribution in [0.4, 0.5) is 0 Å². The standard InChI is InChI=1S/C18H24N4O2/c1-4-22-16(11-15(20-22)13(2)3)18(23)21-9-10-24-17(12-21)14-5-7-19-8-6-14/h5-8,11,13,17H,4,9-10,12H2,1-3H3/t17-/m1/s1. The Bertz CT molecular complexity index is 696. The second kappa shape index (κ2) is 7.13. The summed E-state index contributed by atoms with van der Waals surface area (Å²) in [7, 11) is 0. The lowest BCUT2D eigenvalue weighted by molar-refractivity contribution is -0.0232. The molecule has 6 heteroatoms. The lowest BCUT2D eigenvalue weighted by Gasteiger charge is -2.33. The Kier molecular flexibility index (Phi) is 4.94. The van der Waals surface area contributed by atoms with Crippen LogP contribution < -0.4 is 0 Å². The molecule has 0 radical (unpaired) electrons. The van der Waals surface area contributed by atoms with Crippen LogP contribution in [0, 0.1) is 0 Å². The Hall–Kier alpha value is -2.21. The van der Waals surface area contributed by atoms with E-state index in [9.17, 15) is 4.79 Å². The van der Waals surface area contributed by atoms with Gasteiger partial charge in [-0.3, -0.25) is 14.5 Å². The Morgan fingerprint density at radius 3 is 2.79 bits per heavy atom. The number of hydrogen-bond donors (Lipinski definition) is 0. The van der Waals surface area contributed by atoms with Gasteiger partial charge in [0.05, 0.1) is 18.8 Å². The average molecular weight is 328 g/mol. The average Bonchev–Trinajstić information content (AvgIpc) is 3.06. The Labute approximate surface area is 142 Å². The lowest BCUT2D eigenvalue weighted by Crippen LogP contribution is -2.43. The van der Waals surface area contributed by atoms with Crippen LogP contribution in [-0.4, -0.2) is 45.3 Å². The van der Waals surface area contributed by atoms with E-state index in [0.29, 0.717) is 37.9 Å². The molecule has 0 spiro atoms. The van der Waals surface area contributed by atoms with Crippen LogP contribution in [0.25, 0.3) is 0 Å². The molecule has 3 rings (SSSR count). The highest BCUT2D eigenvalue weighted by Gasteiger charge is 2.28. The molecule has 0 unspecified atom stereocenters. The van der Waals surface area contributed by atoms with Gasteiger partial charge in [0, 0.05) is 25.5 Å². The molecule has 3 heterocycles. The molecule has 1 aliphatic heterocycles. The maximum Gasteiger partial charge on any atom is 0.272 e. The van der Waals surface area contributed by atoms with Crippen molar-refractivity contribution >= 4 is 5.91 Å². The summed E-state index contributed by atoms with van der Waals surface area (Å²) in [6, 6.07) is 5.80. The number of rotatable bonds is 4. The Morgan fingerprint density at radius 2 is 2.12 bits per heavy atom. The minimum Gasteiger partial charge on any atom is -0.370 e. The van der Waals surface area contributed by atoms with Crippen LogP contribution in [0.5, 0.6) is 0 Å². The number of carbonyl (C=O) groups excluding carboxylic acids is 1. The summed E-state index contributed by atoms with van der Waals surface area (Å²) in [5.74, 6) is 0.331. The van der Waals surface area contributed by atoms with Crippen LogP contribution in [0.1, 0.15) is 54.5 Å². The zero-order valence-corrected chi connectivity index (χ0v) is 14.5. The minimum atomic E-state index is -0.103. The zero-order valence-electron chi connectivity index (χ0n) is 14.5. The fourth-order valence-corrected chi connectivity index (χ4v) is 2.91. The van der Waals surface area contributed by atoms with Crippen LogP contribution in [0.15, 0.2) is 30.6 Å². The van der Waals surface area contributed by atoms with Crippen LogP contribution in [0.3, 0.4) is 0 Å². The smallest absolute Gasteiger partial charge is 0.272 e. The third kappa shape index (κ3) is 3.33. The molecule has 6 nitrogen and oxygen atoms in total. The maximum absolute atomic E-state index is 13.0. The summed E-state index contributed by atoms with van der Waals surface area (Å²) >= 11 is 0. The Morgan fingerprint density at radius 1 is 1.38 bits per heavy atom. The highest BCUT2D eigenvalue weighted by Crippen LogP contribution is 2.23. The van der Waals surface area contributed by atoms with E-state index < -0.39 is 0 Å². The predicted octanol–water partition coefficient (Wildman–Crippen LogP) is 2.64. The minimum absolute atomic E-state index is 0.0265. The molecule has 1 aliphatic rings. The zero-order chi connectivity index (χ0) is 17.1. The van der Waals surface area contributed by atoms with Crippen molar-refractivity contribution in [1.29, 1.82) is 0 Å². The second-order valence-corrected chi connectivity index (χ2v) is 6.32. The fourth-order valence-electron chi connectivity index (χ4n) is 2.91. The molecule has 2 aromatic rings. The van der Waals surface area contributed by atoms with Crippen molar-refractivity contribution < 1.29 is 9.53 Å². The molecular weight excluding hydrogens is 304 g/mol. The predicted molar refractivity (Wildman–Crippen MR) is 90.8 cm³/mol. The largest absolute Gasteiger partial charge is 0.370 e. The van der Waals surface area contributed by atoms with E-state index in [1.54, 1.807) is 17.1 Å². The molecule has 24 heavy (non-hydrogen) atoms. The molecule has 128 valence electrons. The molecule has 0 N–H and O–H groups in total. The molecule has 1 amide bonds. The number of aryl methyl sites for hydroxylation is 1. The van der Waals surface area contributed by atoms with Crippen molar-refractivity contribution in [2.24, 2.45) is 0 Å². The fraction of sp³-hybridized carbons (Fsp3) is 0.500. The SMILES string of the molecule is CCn1nc(C(C)C)cc1C(=O)N1CCO[C@@H](c2ccncc2)C1. The third-order valence-corrected chi connectivity index (χ3v) is 4.34. The van der Waals surface area contributed by atoms with E-state index in [4.69, 9.17) is 4.74 Å². The van der Waals surface area contributed by atoms with Gasteiger partial charge in [-0.15, -0.1) is 0 Å². The van der Waals surface area contributed by atoms with Crippen molar-refractivity contribution in [1.82, 2.24) is 19.7 Å². The van der Waals surface area contributed by atoms with E-state index in [-0.39, 0.29) is 12.0 Å². The summed E-state index contributed by atoms with van der Waals surface area (Å²) in [5.41, 5.74) is 2.67. The van der Waals surface area contributed by atoms with Gasteiger partial charge in [-0.05, 0) is 36.6 Å². The lowest BCUT2D eigenvalue weighted by atomic mass is 10.1. The quantitative estimate of drug-likeness (QED) is 0.866. The van der Waals surface area contributed by atoms with Gasteiger partial charge in [0.25, 0.3) is 5.91 Å². The summed E-state index contributed by atoms with van der Waals surface area (Å²) in [6.45, 7) is 8.56. The van der Waals surface area contributed by atoms with Crippen LogP contribution in [0.2, 0.25) is 0 Å².